The number of sulfonamides is 1. The van der Waals surface area contributed by atoms with Crippen LogP contribution in [-0.2, 0) is 14.8 Å². The first kappa shape index (κ1) is 23.1. The van der Waals surface area contributed by atoms with Gasteiger partial charge in [0.25, 0.3) is 10.0 Å². The lowest BCUT2D eigenvalue weighted by Gasteiger charge is -2.24. The Hall–Kier alpha value is -3.08. The van der Waals surface area contributed by atoms with Crippen molar-refractivity contribution >= 4 is 54.0 Å². The predicted molar refractivity (Wildman–Crippen MR) is 134 cm³/mol. The van der Waals surface area contributed by atoms with Gasteiger partial charge in [-0.1, -0.05) is 75.3 Å². The molecule has 168 valence electrons. The third-order valence-electron chi connectivity index (χ3n) is 4.70. The first-order valence-electron chi connectivity index (χ1n) is 9.87. The maximum atomic E-state index is 13.3. The van der Waals surface area contributed by atoms with Crippen LogP contribution in [0.3, 0.4) is 0 Å². The van der Waals surface area contributed by atoms with E-state index in [1.807, 2.05) is 31.2 Å². The summed E-state index contributed by atoms with van der Waals surface area (Å²) < 4.78 is 28.5. The van der Waals surface area contributed by atoms with Gasteiger partial charge < -0.3 is 0 Å². The van der Waals surface area contributed by atoms with E-state index in [9.17, 15) is 13.2 Å². The lowest BCUT2D eigenvalue weighted by molar-refractivity contribution is -0.114. The number of nitrogens with zero attached hydrogens (tertiary/aromatic N) is 3. The molecule has 1 heterocycles. The molecule has 0 aliphatic carbocycles. The van der Waals surface area contributed by atoms with Crippen molar-refractivity contribution in [1.82, 2.24) is 10.2 Å². The molecule has 0 saturated carbocycles. The lowest BCUT2D eigenvalue weighted by Crippen LogP contribution is -2.38. The second-order valence-corrected chi connectivity index (χ2v) is 10.9. The van der Waals surface area contributed by atoms with Gasteiger partial charge >= 0.3 is 0 Å². The van der Waals surface area contributed by atoms with Gasteiger partial charge in [-0.3, -0.25) is 14.4 Å². The SMILES string of the molecule is Cc1ccc(-c2nnc(NC(=O)CN(c3ccc(Br)cc3)S(=O)(=O)c3ccccc3)s2)cc1. The number of aromatic nitrogens is 2. The maximum Gasteiger partial charge on any atom is 0.264 e. The van der Waals surface area contributed by atoms with Crippen LogP contribution in [-0.4, -0.2) is 31.1 Å². The van der Waals surface area contributed by atoms with E-state index in [1.54, 1.807) is 42.5 Å². The van der Waals surface area contributed by atoms with Crippen molar-refractivity contribution in [3.8, 4) is 10.6 Å². The number of hydrogen-bond donors (Lipinski definition) is 1. The molecule has 4 aromatic rings. The van der Waals surface area contributed by atoms with Gasteiger partial charge in [-0.05, 0) is 43.3 Å². The first-order chi connectivity index (χ1) is 15.8. The third-order valence-corrected chi connectivity index (χ3v) is 7.91. The number of anilines is 2. The number of carbonyl (C=O) groups is 1. The zero-order chi connectivity index (χ0) is 23.4. The molecule has 10 heteroatoms. The van der Waals surface area contributed by atoms with E-state index in [1.165, 1.54) is 23.5 Å². The summed E-state index contributed by atoms with van der Waals surface area (Å²) in [6, 6.07) is 22.5. The zero-order valence-corrected chi connectivity index (χ0v) is 20.7. The second-order valence-electron chi connectivity index (χ2n) is 7.13. The Morgan fingerprint density at radius 3 is 2.30 bits per heavy atom. The summed E-state index contributed by atoms with van der Waals surface area (Å²) in [7, 11) is -3.97. The van der Waals surface area contributed by atoms with E-state index in [0.29, 0.717) is 15.8 Å². The van der Waals surface area contributed by atoms with E-state index in [2.05, 4.69) is 31.4 Å². The van der Waals surface area contributed by atoms with Gasteiger partial charge in [0.1, 0.15) is 11.6 Å². The summed E-state index contributed by atoms with van der Waals surface area (Å²) in [6.07, 6.45) is 0. The fraction of sp³-hybridized carbons (Fsp3) is 0.0870. The Morgan fingerprint density at radius 1 is 0.970 bits per heavy atom. The van der Waals surface area contributed by atoms with Crippen LogP contribution in [0.5, 0.6) is 0 Å². The summed E-state index contributed by atoms with van der Waals surface area (Å²) in [5.41, 5.74) is 2.39. The van der Waals surface area contributed by atoms with Gasteiger partial charge in [0.05, 0.1) is 10.6 Å². The zero-order valence-electron chi connectivity index (χ0n) is 17.5. The van der Waals surface area contributed by atoms with Gasteiger partial charge in [0.15, 0.2) is 0 Å². The molecule has 4 rings (SSSR count). The predicted octanol–water partition coefficient (Wildman–Crippen LogP) is 5.11. The highest BCUT2D eigenvalue weighted by Crippen LogP contribution is 2.28. The van der Waals surface area contributed by atoms with Crippen molar-refractivity contribution in [2.24, 2.45) is 0 Å². The molecule has 0 bridgehead atoms. The minimum absolute atomic E-state index is 0.0956. The quantitative estimate of drug-likeness (QED) is 0.350. The Bertz CT molecular complexity index is 1360. The van der Waals surface area contributed by atoms with Gasteiger partial charge in [-0.25, -0.2) is 8.42 Å². The van der Waals surface area contributed by atoms with Crippen LogP contribution in [0.2, 0.25) is 0 Å². The topological polar surface area (TPSA) is 92.3 Å². The highest BCUT2D eigenvalue weighted by molar-refractivity contribution is 9.10. The summed E-state index contributed by atoms with van der Waals surface area (Å²) >= 11 is 4.57. The van der Waals surface area contributed by atoms with Gasteiger partial charge in [0.2, 0.25) is 11.0 Å². The van der Waals surface area contributed by atoms with Gasteiger partial charge in [-0.2, -0.15) is 0 Å². The van der Waals surface area contributed by atoms with Crippen molar-refractivity contribution in [2.75, 3.05) is 16.2 Å². The van der Waals surface area contributed by atoms with Crippen LogP contribution >= 0.6 is 27.3 Å². The number of aryl methyl sites for hydroxylation is 1. The molecule has 7 nitrogen and oxygen atoms in total. The second kappa shape index (κ2) is 9.82. The molecule has 1 N–H and O–H groups in total. The normalized spacial score (nSPS) is 11.2. The fourth-order valence-corrected chi connectivity index (χ4v) is 5.49. The van der Waals surface area contributed by atoms with Crippen molar-refractivity contribution < 1.29 is 13.2 Å². The number of hydrogen-bond acceptors (Lipinski definition) is 6. The lowest BCUT2D eigenvalue weighted by atomic mass is 10.2. The standard InChI is InChI=1S/C23H19BrN4O3S2/c1-16-7-9-17(10-8-16)22-26-27-23(32-22)25-21(29)15-28(19-13-11-18(24)12-14-19)33(30,31)20-5-3-2-4-6-20/h2-14H,15H2,1H3,(H,25,27,29). The van der Waals surface area contributed by atoms with Gasteiger partial charge in [0, 0.05) is 10.0 Å². The molecule has 1 amide bonds. The molecule has 0 aliphatic rings. The van der Waals surface area contributed by atoms with E-state index < -0.39 is 22.5 Å². The monoisotopic (exact) mass is 542 g/mol. The molecule has 0 saturated heterocycles. The Morgan fingerprint density at radius 2 is 1.64 bits per heavy atom. The Kier molecular flexibility index (Phi) is 6.87. The molecule has 0 radical (unpaired) electrons. The fourth-order valence-electron chi connectivity index (χ4n) is 3.02. The van der Waals surface area contributed by atoms with Crippen LogP contribution in [0.1, 0.15) is 5.56 Å². The minimum atomic E-state index is -3.97. The minimum Gasteiger partial charge on any atom is -0.299 e. The third kappa shape index (κ3) is 5.47. The van der Waals surface area contributed by atoms with Crippen molar-refractivity contribution in [1.29, 1.82) is 0 Å². The van der Waals surface area contributed by atoms with Crippen LogP contribution in [0.4, 0.5) is 10.8 Å². The van der Waals surface area contributed by atoms with Gasteiger partial charge in [-0.15, -0.1) is 10.2 Å². The van der Waals surface area contributed by atoms with Crippen molar-refractivity contribution in [3.63, 3.8) is 0 Å². The van der Waals surface area contributed by atoms with E-state index in [0.717, 1.165) is 19.9 Å². The summed E-state index contributed by atoms with van der Waals surface area (Å²) in [4.78, 5) is 12.9. The molecule has 33 heavy (non-hydrogen) atoms. The summed E-state index contributed by atoms with van der Waals surface area (Å²) in [6.45, 7) is 1.58. The van der Waals surface area contributed by atoms with Crippen LogP contribution < -0.4 is 9.62 Å². The molecule has 0 aliphatic heterocycles. The number of benzene rings is 3. The van der Waals surface area contributed by atoms with Crippen molar-refractivity contribution in [2.45, 2.75) is 11.8 Å². The molecule has 0 atom stereocenters. The highest BCUT2D eigenvalue weighted by atomic mass is 79.9. The first-order valence-corrected chi connectivity index (χ1v) is 12.9. The molecule has 3 aromatic carbocycles. The average molecular weight is 543 g/mol. The molecule has 0 spiro atoms. The van der Waals surface area contributed by atoms with Crippen molar-refractivity contribution in [3.05, 3.63) is 88.9 Å². The summed E-state index contributed by atoms with van der Waals surface area (Å²) in [5, 5.41) is 11.8. The molecule has 0 fully saturated rings. The molecular formula is C23H19BrN4O3S2. The van der Waals surface area contributed by atoms with Crippen LogP contribution in [0, 0.1) is 6.92 Å². The number of nitrogens with one attached hydrogen (secondary N) is 1. The number of rotatable bonds is 7. The maximum absolute atomic E-state index is 13.3. The van der Waals surface area contributed by atoms with E-state index in [4.69, 9.17) is 0 Å². The smallest absolute Gasteiger partial charge is 0.264 e. The van der Waals surface area contributed by atoms with E-state index in [-0.39, 0.29) is 4.90 Å². The molecule has 1 aromatic heterocycles. The summed E-state index contributed by atoms with van der Waals surface area (Å²) in [5.74, 6) is -0.524. The van der Waals surface area contributed by atoms with E-state index >= 15 is 0 Å². The largest absolute Gasteiger partial charge is 0.299 e. The Labute approximate surface area is 204 Å². The van der Waals surface area contributed by atoms with Crippen LogP contribution in [0.25, 0.3) is 10.6 Å². The van der Waals surface area contributed by atoms with Crippen LogP contribution in [0.15, 0.2) is 88.2 Å². The number of amides is 1. The Balaban J connectivity index is 1.57. The number of halogens is 1. The average Bonchev–Trinajstić information content (AvgIpc) is 3.27. The number of carbonyl (C=O) groups excluding carboxylic acids is 1. The molecular weight excluding hydrogens is 524 g/mol. The molecule has 0 unspecified atom stereocenters. The highest BCUT2D eigenvalue weighted by Gasteiger charge is 2.27.